The number of hydrogen-bond acceptors (Lipinski definition) is 5. The predicted octanol–water partition coefficient (Wildman–Crippen LogP) is 4.69. The van der Waals surface area contributed by atoms with Gasteiger partial charge in [-0.1, -0.05) is 41.9 Å². The molecule has 7 heteroatoms. The van der Waals surface area contributed by atoms with Crippen molar-refractivity contribution < 1.29 is 14.3 Å². The maximum absolute atomic E-state index is 12.6. The molecule has 33 heavy (non-hydrogen) atoms. The normalized spacial score (nSPS) is 14.1. The first-order valence-corrected chi connectivity index (χ1v) is 11.4. The van der Waals surface area contributed by atoms with Gasteiger partial charge in [-0.2, -0.15) is 0 Å². The van der Waals surface area contributed by atoms with Crippen LogP contribution in [-0.2, 0) is 11.4 Å². The minimum absolute atomic E-state index is 0.0983. The Morgan fingerprint density at radius 2 is 1.58 bits per heavy atom. The van der Waals surface area contributed by atoms with Gasteiger partial charge in [0.2, 0.25) is 0 Å². The van der Waals surface area contributed by atoms with Crippen LogP contribution in [0, 0.1) is 0 Å². The van der Waals surface area contributed by atoms with E-state index in [2.05, 4.69) is 22.2 Å². The van der Waals surface area contributed by atoms with Crippen LogP contribution in [0.4, 0.5) is 11.4 Å². The first kappa shape index (κ1) is 23.0. The summed E-state index contributed by atoms with van der Waals surface area (Å²) in [6.07, 6.45) is 0. The molecule has 172 valence electrons. The van der Waals surface area contributed by atoms with Crippen LogP contribution in [-0.4, -0.2) is 50.6 Å². The SMILES string of the molecule is CN1CCN(c2ccc(Cl)cc2NC(=O)COc2ccc(OCc3ccccc3)cc2)CC1. The third-order valence-corrected chi connectivity index (χ3v) is 5.75. The Balaban J connectivity index is 1.30. The first-order chi connectivity index (χ1) is 16.1. The summed E-state index contributed by atoms with van der Waals surface area (Å²) < 4.78 is 11.5. The summed E-state index contributed by atoms with van der Waals surface area (Å²) in [5.74, 6) is 1.10. The Morgan fingerprint density at radius 1 is 0.909 bits per heavy atom. The van der Waals surface area contributed by atoms with Gasteiger partial charge in [-0.05, 0) is 55.1 Å². The van der Waals surface area contributed by atoms with Gasteiger partial charge in [-0.3, -0.25) is 4.79 Å². The highest BCUT2D eigenvalue weighted by atomic mass is 35.5. The number of anilines is 2. The number of piperazine rings is 1. The summed E-state index contributed by atoms with van der Waals surface area (Å²) in [7, 11) is 2.11. The van der Waals surface area contributed by atoms with Gasteiger partial charge in [-0.25, -0.2) is 0 Å². The van der Waals surface area contributed by atoms with E-state index >= 15 is 0 Å². The number of carbonyl (C=O) groups is 1. The second kappa shape index (κ2) is 11.1. The van der Waals surface area contributed by atoms with Gasteiger partial charge in [0.15, 0.2) is 6.61 Å². The average molecular weight is 466 g/mol. The van der Waals surface area contributed by atoms with Crippen LogP contribution >= 0.6 is 11.6 Å². The lowest BCUT2D eigenvalue weighted by Gasteiger charge is -2.35. The molecule has 1 amide bonds. The second-order valence-electron chi connectivity index (χ2n) is 8.03. The van der Waals surface area contributed by atoms with Crippen LogP contribution in [0.1, 0.15) is 5.56 Å². The van der Waals surface area contributed by atoms with Crippen LogP contribution < -0.4 is 19.7 Å². The molecule has 4 rings (SSSR count). The van der Waals surface area contributed by atoms with E-state index in [4.69, 9.17) is 21.1 Å². The molecule has 0 spiro atoms. The Hall–Kier alpha value is -3.22. The number of benzene rings is 3. The molecule has 1 saturated heterocycles. The summed E-state index contributed by atoms with van der Waals surface area (Å²) in [6, 6.07) is 22.8. The zero-order chi connectivity index (χ0) is 23.0. The lowest BCUT2D eigenvalue weighted by Crippen LogP contribution is -2.44. The molecule has 3 aromatic carbocycles. The van der Waals surface area contributed by atoms with Crippen LogP contribution in [0.25, 0.3) is 0 Å². The van der Waals surface area contributed by atoms with E-state index in [1.54, 1.807) is 18.2 Å². The fourth-order valence-corrected chi connectivity index (χ4v) is 3.81. The maximum atomic E-state index is 12.6. The molecule has 0 bridgehead atoms. The maximum Gasteiger partial charge on any atom is 0.262 e. The number of ether oxygens (including phenoxy) is 2. The molecular formula is C26H28ClN3O3. The van der Waals surface area contributed by atoms with Crippen LogP contribution in [0.5, 0.6) is 11.5 Å². The van der Waals surface area contributed by atoms with E-state index in [9.17, 15) is 4.79 Å². The van der Waals surface area contributed by atoms with Crippen molar-refractivity contribution in [3.8, 4) is 11.5 Å². The molecular weight excluding hydrogens is 438 g/mol. The third-order valence-electron chi connectivity index (χ3n) is 5.52. The molecule has 1 aliphatic heterocycles. The molecule has 0 saturated carbocycles. The Bertz CT molecular complexity index is 1050. The summed E-state index contributed by atoms with van der Waals surface area (Å²) in [4.78, 5) is 17.1. The van der Waals surface area contributed by atoms with E-state index in [0.717, 1.165) is 43.2 Å². The van der Waals surface area contributed by atoms with Gasteiger partial charge in [0.05, 0.1) is 11.4 Å². The second-order valence-corrected chi connectivity index (χ2v) is 8.47. The molecule has 1 N–H and O–H groups in total. The Labute approximate surface area is 199 Å². The van der Waals surface area contributed by atoms with Gasteiger partial charge in [-0.15, -0.1) is 0 Å². The molecule has 0 aromatic heterocycles. The van der Waals surface area contributed by atoms with Gasteiger partial charge in [0.25, 0.3) is 5.91 Å². The quantitative estimate of drug-likeness (QED) is 0.523. The highest BCUT2D eigenvalue weighted by Gasteiger charge is 2.18. The minimum Gasteiger partial charge on any atom is -0.489 e. The number of nitrogens with one attached hydrogen (secondary N) is 1. The monoisotopic (exact) mass is 465 g/mol. The van der Waals surface area contributed by atoms with Crippen molar-refractivity contribution in [1.82, 2.24) is 4.90 Å². The highest BCUT2D eigenvalue weighted by Crippen LogP contribution is 2.30. The van der Waals surface area contributed by atoms with Gasteiger partial charge in [0, 0.05) is 31.2 Å². The van der Waals surface area contributed by atoms with E-state index in [0.29, 0.717) is 23.1 Å². The summed E-state index contributed by atoms with van der Waals surface area (Å²) >= 11 is 6.19. The van der Waals surface area contributed by atoms with Crippen molar-refractivity contribution >= 4 is 28.9 Å². The van der Waals surface area contributed by atoms with E-state index in [-0.39, 0.29) is 12.5 Å². The molecule has 3 aromatic rings. The van der Waals surface area contributed by atoms with E-state index in [1.165, 1.54) is 0 Å². The highest BCUT2D eigenvalue weighted by molar-refractivity contribution is 6.31. The van der Waals surface area contributed by atoms with Gasteiger partial charge < -0.3 is 24.6 Å². The fraction of sp³-hybridized carbons (Fsp3) is 0.269. The van der Waals surface area contributed by atoms with Crippen molar-refractivity contribution in [2.45, 2.75) is 6.61 Å². The summed E-state index contributed by atoms with van der Waals surface area (Å²) in [6.45, 7) is 4.15. The largest absolute Gasteiger partial charge is 0.489 e. The molecule has 1 heterocycles. The number of amides is 1. The molecule has 0 aliphatic carbocycles. The smallest absolute Gasteiger partial charge is 0.262 e. The van der Waals surface area contributed by atoms with Crippen molar-refractivity contribution in [1.29, 1.82) is 0 Å². The molecule has 1 fully saturated rings. The molecule has 0 unspecified atom stereocenters. The molecule has 0 radical (unpaired) electrons. The van der Waals surface area contributed by atoms with E-state index in [1.807, 2.05) is 54.6 Å². The standard InChI is InChI=1S/C26H28ClN3O3/c1-29-13-15-30(16-14-29)25-12-7-21(27)17-24(25)28-26(31)19-33-23-10-8-22(9-11-23)32-18-20-5-3-2-4-6-20/h2-12,17H,13-16,18-19H2,1H3,(H,28,31). The predicted molar refractivity (Wildman–Crippen MR) is 133 cm³/mol. The summed E-state index contributed by atoms with van der Waals surface area (Å²) in [5.41, 5.74) is 2.78. The number of rotatable bonds is 8. The Kier molecular flexibility index (Phi) is 7.70. The third kappa shape index (κ3) is 6.63. The number of carbonyl (C=O) groups excluding carboxylic acids is 1. The topological polar surface area (TPSA) is 54.0 Å². The zero-order valence-corrected chi connectivity index (χ0v) is 19.4. The summed E-state index contributed by atoms with van der Waals surface area (Å²) in [5, 5.41) is 3.53. The van der Waals surface area contributed by atoms with Crippen molar-refractivity contribution in [3.63, 3.8) is 0 Å². The van der Waals surface area contributed by atoms with Crippen molar-refractivity contribution in [2.75, 3.05) is 50.1 Å². The van der Waals surface area contributed by atoms with Crippen molar-refractivity contribution in [3.05, 3.63) is 83.4 Å². The number of hydrogen-bond donors (Lipinski definition) is 1. The zero-order valence-electron chi connectivity index (χ0n) is 18.7. The molecule has 0 atom stereocenters. The minimum atomic E-state index is -0.239. The number of halogens is 1. The lowest BCUT2D eigenvalue weighted by molar-refractivity contribution is -0.118. The van der Waals surface area contributed by atoms with Gasteiger partial charge >= 0.3 is 0 Å². The first-order valence-electron chi connectivity index (χ1n) is 11.0. The Morgan fingerprint density at radius 3 is 2.27 bits per heavy atom. The molecule has 6 nitrogen and oxygen atoms in total. The van der Waals surface area contributed by atoms with Crippen LogP contribution in [0.3, 0.4) is 0 Å². The van der Waals surface area contributed by atoms with Crippen LogP contribution in [0.15, 0.2) is 72.8 Å². The van der Waals surface area contributed by atoms with E-state index < -0.39 is 0 Å². The molecule has 1 aliphatic rings. The number of likely N-dealkylation sites (N-methyl/N-ethyl adjacent to an activating group) is 1. The fourth-order valence-electron chi connectivity index (χ4n) is 3.64. The number of nitrogens with zero attached hydrogens (tertiary/aromatic N) is 2. The van der Waals surface area contributed by atoms with Gasteiger partial charge in [0.1, 0.15) is 18.1 Å². The average Bonchev–Trinajstić information content (AvgIpc) is 2.84. The van der Waals surface area contributed by atoms with Crippen LogP contribution in [0.2, 0.25) is 5.02 Å². The lowest BCUT2D eigenvalue weighted by atomic mass is 10.2. The van der Waals surface area contributed by atoms with Crippen molar-refractivity contribution in [2.24, 2.45) is 0 Å².